The van der Waals surface area contributed by atoms with Crippen LogP contribution in [0.25, 0.3) is 0 Å². The average Bonchev–Trinajstić information content (AvgIpc) is 2.12. The molecule has 0 amide bonds. The first-order chi connectivity index (χ1) is 5.65. The molecular weight excluding hydrogens is 259 g/mol. The predicted molar refractivity (Wildman–Crippen MR) is 46.7 cm³/mol. The molecule has 2 radical (unpaired) electrons. The molecule has 66 valence electrons. The number of ketones is 1. The number of rotatable bonds is 5. The van der Waals surface area contributed by atoms with Crippen LogP contribution in [-0.2, 0) is 12.4 Å². The van der Waals surface area contributed by atoms with Crippen molar-refractivity contribution in [2.24, 2.45) is 0 Å². The fourth-order valence-electron chi connectivity index (χ4n) is 0.624. The zero-order valence-corrected chi connectivity index (χ0v) is 11.0. The van der Waals surface area contributed by atoms with Crippen molar-refractivity contribution < 1.29 is 12.4 Å². The summed E-state index contributed by atoms with van der Waals surface area (Å²) < 4.78 is 10.1. The zero-order valence-electron chi connectivity index (χ0n) is 7.66. The van der Waals surface area contributed by atoms with E-state index < -0.39 is 0 Å². The van der Waals surface area contributed by atoms with E-state index in [-0.39, 0.29) is 11.9 Å². The second-order valence-corrected chi connectivity index (χ2v) is 3.04. The molecule has 0 saturated carbocycles. The van der Waals surface area contributed by atoms with Crippen molar-refractivity contribution in [3.63, 3.8) is 0 Å². The van der Waals surface area contributed by atoms with E-state index in [0.717, 1.165) is 0 Å². The van der Waals surface area contributed by atoms with E-state index in [1.807, 2.05) is 13.8 Å². The first-order valence-corrected chi connectivity index (χ1v) is 5.14. The summed E-state index contributed by atoms with van der Waals surface area (Å²) in [5, 5.41) is 0. The summed E-state index contributed by atoms with van der Waals surface area (Å²) in [4.78, 5) is 11.0. The van der Waals surface area contributed by atoms with E-state index in [4.69, 9.17) is 7.59 Å². The molecule has 0 fully saturated rings. The summed E-state index contributed by atoms with van der Waals surface area (Å²) >= 11 is 0.643. The van der Waals surface area contributed by atoms with Crippen LogP contribution in [0.5, 0.6) is 0 Å². The van der Waals surface area contributed by atoms with Gasteiger partial charge >= 0.3 is 88.3 Å². The van der Waals surface area contributed by atoms with Gasteiger partial charge in [-0.3, -0.25) is 0 Å². The fourth-order valence-corrected chi connectivity index (χ4v) is 1.37. The quantitative estimate of drug-likeness (QED) is 0.553. The molecule has 0 rings (SSSR count). The second-order valence-electron chi connectivity index (χ2n) is 2.36. The van der Waals surface area contributed by atoms with Gasteiger partial charge in [0.1, 0.15) is 0 Å². The molecule has 4 heteroatoms. The van der Waals surface area contributed by atoms with Gasteiger partial charge in [-0.1, -0.05) is 0 Å². The van der Waals surface area contributed by atoms with Gasteiger partial charge in [-0.2, -0.15) is 0 Å². The summed E-state index contributed by atoms with van der Waals surface area (Å²) in [5.41, 5.74) is 0. The van der Waals surface area contributed by atoms with Crippen LogP contribution in [0.2, 0.25) is 0 Å². The Kier molecular flexibility index (Phi) is 6.57. The number of carbonyl (C=O) groups excluding carboxylic acids is 1. The van der Waals surface area contributed by atoms with Crippen molar-refractivity contribution in [3.05, 3.63) is 11.8 Å². The number of ether oxygens (including phenoxy) is 1. The maximum absolute atomic E-state index is 11.0. The van der Waals surface area contributed by atoms with Gasteiger partial charge in [-0.25, -0.2) is 0 Å². The van der Waals surface area contributed by atoms with Gasteiger partial charge < -0.3 is 0 Å². The molecule has 0 bridgehead atoms. The van der Waals surface area contributed by atoms with Crippen LogP contribution in [0, 0.1) is 0 Å². The molecule has 0 heterocycles. The summed E-state index contributed by atoms with van der Waals surface area (Å²) in [6.07, 6.45) is 1.89. The Labute approximate surface area is 88.3 Å². The van der Waals surface area contributed by atoms with Crippen LogP contribution in [0.4, 0.5) is 0 Å². The van der Waals surface area contributed by atoms with Crippen LogP contribution in [0.1, 0.15) is 20.3 Å². The number of hydrogen-bond donors (Lipinski definition) is 0. The molecule has 0 aliphatic heterocycles. The molecule has 0 saturated heterocycles. The molecule has 1 unspecified atom stereocenters. The van der Waals surface area contributed by atoms with Crippen molar-refractivity contribution in [1.29, 1.82) is 0 Å². The summed E-state index contributed by atoms with van der Waals surface area (Å²) in [7, 11) is 1.59. The van der Waals surface area contributed by atoms with Crippen molar-refractivity contribution in [3.8, 4) is 0 Å². The Bertz CT molecular complexity index is 177. The number of allylic oxidation sites excluding steroid dienone is 1. The van der Waals surface area contributed by atoms with Crippen LogP contribution < -0.4 is 0 Å². The summed E-state index contributed by atoms with van der Waals surface area (Å²) in [5.74, 6) is 0.704. The molecule has 0 aromatic carbocycles. The van der Waals surface area contributed by atoms with Crippen molar-refractivity contribution in [1.82, 2.24) is 0 Å². The molecule has 0 aromatic rings. The van der Waals surface area contributed by atoms with Gasteiger partial charge in [-0.15, -0.1) is 0 Å². The molecule has 0 spiro atoms. The first kappa shape index (κ1) is 12.0. The Morgan fingerprint density at radius 1 is 1.67 bits per heavy atom. The minimum absolute atomic E-state index is 0.0724. The van der Waals surface area contributed by atoms with Gasteiger partial charge in [0.2, 0.25) is 0 Å². The third kappa shape index (κ3) is 4.16. The van der Waals surface area contributed by atoms with Crippen molar-refractivity contribution >= 4 is 30.6 Å². The molecule has 1 atom stereocenters. The van der Waals surface area contributed by atoms with Gasteiger partial charge in [0.25, 0.3) is 0 Å². The van der Waals surface area contributed by atoms with Crippen LogP contribution >= 0.6 is 0 Å². The standard InChI is InChI=1S/C8H14O3.In/c1-4-7(9)5-8(10)6(2)11-3;/h5-6,10H,4H2,1-3H3;/q;+1/p-1/b8-5-;. The van der Waals surface area contributed by atoms with E-state index in [0.29, 0.717) is 37.0 Å². The van der Waals surface area contributed by atoms with Gasteiger partial charge in [0, 0.05) is 0 Å². The maximum atomic E-state index is 11.0. The Hall–Kier alpha value is 0.0401. The predicted octanol–water partition coefficient (Wildman–Crippen LogP) is 0.984. The van der Waals surface area contributed by atoms with E-state index in [1.54, 1.807) is 7.11 Å². The average molecular weight is 272 g/mol. The monoisotopic (exact) mass is 272 g/mol. The topological polar surface area (TPSA) is 35.5 Å². The molecule has 0 aromatic heterocycles. The molecule has 0 aliphatic rings. The van der Waals surface area contributed by atoms with E-state index >= 15 is 0 Å². The fraction of sp³-hybridized carbons (Fsp3) is 0.625. The molecule has 12 heavy (non-hydrogen) atoms. The van der Waals surface area contributed by atoms with Crippen molar-refractivity contribution in [2.45, 2.75) is 26.4 Å². The Morgan fingerprint density at radius 3 is 2.58 bits per heavy atom. The van der Waals surface area contributed by atoms with Crippen LogP contribution in [0.15, 0.2) is 11.8 Å². The molecule has 0 aliphatic carbocycles. The third-order valence-corrected chi connectivity index (χ3v) is 2.32. The minimum atomic E-state index is -0.129. The molecule has 0 N–H and O–H groups in total. The molecule has 3 nitrogen and oxygen atoms in total. The third-order valence-electron chi connectivity index (χ3n) is 1.54. The van der Waals surface area contributed by atoms with Crippen LogP contribution in [0.3, 0.4) is 0 Å². The SMILES string of the molecule is CCC(=O)/C=C(\[O][In])C(C)OC. The van der Waals surface area contributed by atoms with Crippen LogP contribution in [-0.4, -0.2) is 43.8 Å². The first-order valence-electron chi connectivity index (χ1n) is 3.79. The number of methoxy groups -OCH3 is 1. The Morgan fingerprint density at radius 2 is 2.25 bits per heavy atom. The van der Waals surface area contributed by atoms with E-state index in [9.17, 15) is 4.79 Å². The summed E-state index contributed by atoms with van der Waals surface area (Å²) in [6, 6.07) is 0. The Balaban J connectivity index is 4.31. The van der Waals surface area contributed by atoms with E-state index in [1.165, 1.54) is 6.08 Å². The van der Waals surface area contributed by atoms with Gasteiger partial charge in [0.15, 0.2) is 0 Å². The number of carbonyl (C=O) groups is 1. The van der Waals surface area contributed by atoms with Crippen molar-refractivity contribution in [2.75, 3.05) is 7.11 Å². The van der Waals surface area contributed by atoms with Gasteiger partial charge in [-0.05, 0) is 0 Å². The van der Waals surface area contributed by atoms with Gasteiger partial charge in [0.05, 0.1) is 0 Å². The van der Waals surface area contributed by atoms with E-state index in [2.05, 4.69) is 0 Å². The molecular formula is C8H13InO3. The zero-order chi connectivity index (χ0) is 9.56. The number of hydrogen-bond acceptors (Lipinski definition) is 3. The second kappa shape index (κ2) is 6.54. The summed E-state index contributed by atoms with van der Waals surface area (Å²) in [6.45, 7) is 3.67. The normalized spacial score (nSPS) is 14.1.